The Morgan fingerprint density at radius 3 is 2.67 bits per heavy atom. The fourth-order valence-corrected chi connectivity index (χ4v) is 2.83. The third-order valence-corrected chi connectivity index (χ3v) is 4.09. The van der Waals surface area contributed by atoms with Gasteiger partial charge in [0, 0.05) is 23.3 Å². The number of pyridine rings is 1. The van der Waals surface area contributed by atoms with Gasteiger partial charge in [-0.3, -0.25) is 4.98 Å². The molecule has 0 saturated heterocycles. The minimum atomic E-state index is -0.207. The molecular formula is C14H16FIN2. The number of anilines is 1. The summed E-state index contributed by atoms with van der Waals surface area (Å²) >= 11 is 2.02. The molecular weight excluding hydrogens is 342 g/mol. The van der Waals surface area contributed by atoms with Crippen LogP contribution in [0.3, 0.4) is 0 Å². The van der Waals surface area contributed by atoms with Crippen molar-refractivity contribution in [1.82, 2.24) is 4.98 Å². The minimum Gasteiger partial charge on any atom is -0.384 e. The lowest BCUT2D eigenvalue weighted by Gasteiger charge is -2.16. The molecule has 2 aromatic rings. The van der Waals surface area contributed by atoms with Gasteiger partial charge in [-0.15, -0.1) is 0 Å². The molecule has 0 unspecified atom stereocenters. The highest BCUT2D eigenvalue weighted by Crippen LogP contribution is 2.32. The van der Waals surface area contributed by atoms with E-state index in [-0.39, 0.29) is 5.82 Å². The standard InChI is InChI=1S/C14H16FIN2/c1-4-9-8(3)18-14-10(13(9)17-5-2)6-7-11(15)12(14)16/h6-7H,4-5H2,1-3H3,(H,17,18). The molecule has 1 aromatic carbocycles. The van der Waals surface area contributed by atoms with Crippen molar-refractivity contribution in [2.24, 2.45) is 0 Å². The molecule has 0 atom stereocenters. The first-order valence-electron chi connectivity index (χ1n) is 6.11. The fraction of sp³-hybridized carbons (Fsp3) is 0.357. The van der Waals surface area contributed by atoms with Gasteiger partial charge in [-0.25, -0.2) is 4.39 Å². The van der Waals surface area contributed by atoms with Gasteiger partial charge >= 0.3 is 0 Å². The molecule has 0 aliphatic heterocycles. The van der Waals surface area contributed by atoms with Gasteiger partial charge in [0.15, 0.2) is 0 Å². The Morgan fingerprint density at radius 2 is 2.06 bits per heavy atom. The summed E-state index contributed by atoms with van der Waals surface area (Å²) in [6, 6.07) is 3.33. The number of aromatic nitrogens is 1. The van der Waals surface area contributed by atoms with Crippen molar-refractivity contribution >= 4 is 39.2 Å². The first kappa shape index (κ1) is 13.5. The molecule has 4 heteroatoms. The van der Waals surface area contributed by atoms with Crippen LogP contribution in [0.25, 0.3) is 10.9 Å². The molecule has 0 spiro atoms. The first-order valence-corrected chi connectivity index (χ1v) is 7.19. The molecule has 0 aliphatic carbocycles. The Morgan fingerprint density at radius 1 is 1.33 bits per heavy atom. The number of benzene rings is 1. The van der Waals surface area contributed by atoms with Crippen molar-refractivity contribution in [1.29, 1.82) is 0 Å². The Balaban J connectivity index is 2.86. The van der Waals surface area contributed by atoms with E-state index in [1.54, 1.807) is 0 Å². The van der Waals surface area contributed by atoms with Crippen LogP contribution in [0.2, 0.25) is 0 Å². The van der Waals surface area contributed by atoms with E-state index in [1.807, 2.05) is 35.6 Å². The second kappa shape index (κ2) is 5.38. The molecule has 0 bridgehead atoms. The monoisotopic (exact) mass is 358 g/mol. The Bertz CT molecular complexity index is 596. The largest absolute Gasteiger partial charge is 0.384 e. The topological polar surface area (TPSA) is 24.9 Å². The summed E-state index contributed by atoms with van der Waals surface area (Å²) in [4.78, 5) is 4.56. The van der Waals surface area contributed by atoms with Gasteiger partial charge in [0.05, 0.1) is 9.09 Å². The van der Waals surface area contributed by atoms with Gasteiger partial charge in [0.2, 0.25) is 0 Å². The molecule has 0 radical (unpaired) electrons. The van der Waals surface area contributed by atoms with E-state index in [0.717, 1.165) is 35.2 Å². The van der Waals surface area contributed by atoms with E-state index in [1.165, 1.54) is 11.6 Å². The third kappa shape index (κ3) is 2.18. The van der Waals surface area contributed by atoms with E-state index in [0.29, 0.717) is 3.57 Å². The van der Waals surface area contributed by atoms with Crippen LogP contribution in [0.15, 0.2) is 12.1 Å². The summed E-state index contributed by atoms with van der Waals surface area (Å²) in [7, 11) is 0. The number of aryl methyl sites for hydroxylation is 1. The molecule has 1 heterocycles. The van der Waals surface area contributed by atoms with Crippen molar-refractivity contribution in [3.05, 3.63) is 32.8 Å². The van der Waals surface area contributed by atoms with Gasteiger partial charge in [-0.1, -0.05) is 6.92 Å². The van der Waals surface area contributed by atoms with Crippen LogP contribution < -0.4 is 5.32 Å². The molecule has 0 saturated carbocycles. The highest BCUT2D eigenvalue weighted by Gasteiger charge is 2.14. The summed E-state index contributed by atoms with van der Waals surface area (Å²) in [5.74, 6) is -0.207. The lowest BCUT2D eigenvalue weighted by atomic mass is 10.0. The first-order chi connectivity index (χ1) is 8.60. The number of nitrogens with zero attached hydrogens (tertiary/aromatic N) is 1. The second-order valence-corrected chi connectivity index (χ2v) is 5.27. The number of halogens is 2. The highest BCUT2D eigenvalue weighted by molar-refractivity contribution is 14.1. The van der Waals surface area contributed by atoms with Crippen molar-refractivity contribution < 1.29 is 4.39 Å². The van der Waals surface area contributed by atoms with E-state index >= 15 is 0 Å². The molecule has 2 nitrogen and oxygen atoms in total. The molecule has 18 heavy (non-hydrogen) atoms. The SMILES string of the molecule is CCNc1c(CC)c(C)nc2c(I)c(F)ccc12. The predicted octanol–water partition coefficient (Wildman–Crippen LogP) is 4.28. The fourth-order valence-electron chi connectivity index (χ4n) is 2.24. The number of nitrogens with one attached hydrogen (secondary N) is 1. The Labute approximate surface area is 120 Å². The normalized spacial score (nSPS) is 10.9. The summed E-state index contributed by atoms with van der Waals surface area (Å²) in [6.07, 6.45) is 0.922. The smallest absolute Gasteiger partial charge is 0.138 e. The van der Waals surface area contributed by atoms with Crippen LogP contribution in [0.1, 0.15) is 25.1 Å². The molecule has 0 fully saturated rings. The third-order valence-electron chi connectivity index (χ3n) is 3.06. The minimum absolute atomic E-state index is 0.207. The summed E-state index contributed by atoms with van der Waals surface area (Å²) in [5.41, 5.74) is 4.04. The molecule has 2 rings (SSSR count). The van der Waals surface area contributed by atoms with Gasteiger partial charge in [-0.05, 0) is 60.6 Å². The number of fused-ring (bicyclic) bond motifs is 1. The number of hydrogen-bond acceptors (Lipinski definition) is 2. The van der Waals surface area contributed by atoms with Crippen LogP contribution >= 0.6 is 22.6 Å². The average molecular weight is 358 g/mol. The lowest BCUT2D eigenvalue weighted by Crippen LogP contribution is -2.06. The maximum atomic E-state index is 13.6. The molecule has 0 amide bonds. The van der Waals surface area contributed by atoms with Crippen LogP contribution in [0.5, 0.6) is 0 Å². The number of rotatable bonds is 3. The van der Waals surface area contributed by atoms with E-state index in [9.17, 15) is 4.39 Å². The van der Waals surface area contributed by atoms with Crippen LogP contribution in [0.4, 0.5) is 10.1 Å². The molecule has 96 valence electrons. The van der Waals surface area contributed by atoms with E-state index < -0.39 is 0 Å². The van der Waals surface area contributed by atoms with Crippen molar-refractivity contribution in [3.8, 4) is 0 Å². The maximum Gasteiger partial charge on any atom is 0.138 e. The van der Waals surface area contributed by atoms with Crippen LogP contribution in [-0.4, -0.2) is 11.5 Å². The van der Waals surface area contributed by atoms with E-state index in [2.05, 4.69) is 24.1 Å². The predicted molar refractivity (Wildman–Crippen MR) is 82.7 cm³/mol. The van der Waals surface area contributed by atoms with Gasteiger partial charge < -0.3 is 5.32 Å². The maximum absolute atomic E-state index is 13.6. The zero-order valence-corrected chi connectivity index (χ0v) is 12.9. The number of hydrogen-bond donors (Lipinski definition) is 1. The Hall–Kier alpha value is -0.910. The quantitative estimate of drug-likeness (QED) is 0.829. The molecule has 1 N–H and O–H groups in total. The molecule has 0 aliphatic rings. The van der Waals surface area contributed by atoms with Gasteiger partial charge in [-0.2, -0.15) is 0 Å². The summed E-state index contributed by atoms with van der Waals surface area (Å²) in [5, 5.41) is 4.40. The van der Waals surface area contributed by atoms with Gasteiger partial charge in [0.25, 0.3) is 0 Å². The summed E-state index contributed by atoms with van der Waals surface area (Å²) in [6.45, 7) is 7.01. The molecule has 1 aromatic heterocycles. The van der Waals surface area contributed by atoms with E-state index in [4.69, 9.17) is 0 Å². The van der Waals surface area contributed by atoms with Crippen molar-refractivity contribution in [3.63, 3.8) is 0 Å². The zero-order chi connectivity index (χ0) is 13.3. The van der Waals surface area contributed by atoms with Crippen molar-refractivity contribution in [2.45, 2.75) is 27.2 Å². The van der Waals surface area contributed by atoms with Crippen molar-refractivity contribution in [2.75, 3.05) is 11.9 Å². The lowest BCUT2D eigenvalue weighted by molar-refractivity contribution is 0.622. The average Bonchev–Trinajstić information content (AvgIpc) is 2.35. The van der Waals surface area contributed by atoms with Crippen LogP contribution in [0, 0.1) is 16.3 Å². The van der Waals surface area contributed by atoms with Crippen LogP contribution in [-0.2, 0) is 6.42 Å². The summed E-state index contributed by atoms with van der Waals surface area (Å²) < 4.78 is 14.2. The van der Waals surface area contributed by atoms with Gasteiger partial charge in [0.1, 0.15) is 5.82 Å². The second-order valence-electron chi connectivity index (χ2n) is 4.19. The zero-order valence-electron chi connectivity index (χ0n) is 10.8. The highest BCUT2D eigenvalue weighted by atomic mass is 127. The Kier molecular flexibility index (Phi) is 4.04.